The Labute approximate surface area is 224 Å². The molecular formula is C26H37FN6O2S2. The average Bonchev–Trinajstić information content (AvgIpc) is 3.35. The van der Waals surface area contributed by atoms with E-state index in [-0.39, 0.29) is 17.9 Å². The largest absolute Gasteiger partial charge is 0.366 e. The van der Waals surface area contributed by atoms with Gasteiger partial charge in [0.25, 0.3) is 0 Å². The van der Waals surface area contributed by atoms with Gasteiger partial charge in [0.05, 0.1) is 23.1 Å². The van der Waals surface area contributed by atoms with Crippen LogP contribution in [0.15, 0.2) is 58.7 Å². The van der Waals surface area contributed by atoms with Gasteiger partial charge in [0.1, 0.15) is 10.1 Å². The van der Waals surface area contributed by atoms with Crippen molar-refractivity contribution in [3.63, 3.8) is 0 Å². The molecular weight excluding hydrogens is 511 g/mol. The Hall–Kier alpha value is -2.18. The van der Waals surface area contributed by atoms with Crippen molar-refractivity contribution in [3.05, 3.63) is 75.8 Å². The highest BCUT2D eigenvalue weighted by molar-refractivity contribution is 8.20. The first-order chi connectivity index (χ1) is 17.7. The molecule has 1 aromatic carbocycles. The summed E-state index contributed by atoms with van der Waals surface area (Å²) in [6.07, 6.45) is 7.09. The molecule has 2 saturated heterocycles. The maximum absolute atomic E-state index is 13.4. The summed E-state index contributed by atoms with van der Waals surface area (Å²) in [5, 5.41) is 0.755. The smallest absolute Gasteiger partial charge is 0.249 e. The number of piperidine rings is 1. The van der Waals surface area contributed by atoms with E-state index in [1.165, 1.54) is 23.9 Å². The second-order valence-corrected chi connectivity index (χ2v) is 12.9. The molecule has 0 bridgehead atoms. The Morgan fingerprint density at radius 3 is 2.46 bits per heavy atom. The highest BCUT2D eigenvalue weighted by atomic mass is 32.3. The predicted molar refractivity (Wildman–Crippen MR) is 147 cm³/mol. The second kappa shape index (κ2) is 12.1. The number of nitrogens with zero attached hydrogens (tertiary/aromatic N) is 5. The third-order valence-corrected chi connectivity index (χ3v) is 10.8. The van der Waals surface area contributed by atoms with Gasteiger partial charge < -0.3 is 15.2 Å². The summed E-state index contributed by atoms with van der Waals surface area (Å²) in [5.41, 5.74) is 8.04. The topological polar surface area (TPSA) is 87.7 Å². The molecule has 2 aromatic rings. The van der Waals surface area contributed by atoms with Crippen molar-refractivity contribution in [2.24, 2.45) is 5.73 Å². The van der Waals surface area contributed by atoms with Gasteiger partial charge in [-0.3, -0.25) is 4.90 Å². The lowest BCUT2D eigenvalue weighted by molar-refractivity contribution is 0.178. The van der Waals surface area contributed by atoms with Crippen LogP contribution in [0.4, 0.5) is 4.39 Å². The monoisotopic (exact) mass is 548 g/mol. The third kappa shape index (κ3) is 6.64. The number of benzene rings is 1. The number of allylic oxidation sites excluding steroid dienone is 1. The van der Waals surface area contributed by atoms with E-state index in [4.69, 9.17) is 5.73 Å². The predicted octanol–water partition coefficient (Wildman–Crippen LogP) is 3.57. The number of halogens is 1. The van der Waals surface area contributed by atoms with E-state index in [1.54, 1.807) is 35.8 Å². The van der Waals surface area contributed by atoms with Crippen LogP contribution in [-0.4, -0.2) is 77.4 Å². The number of hydrogen-bond donors (Lipinski definition) is 1. The van der Waals surface area contributed by atoms with Crippen molar-refractivity contribution in [1.82, 2.24) is 23.7 Å². The van der Waals surface area contributed by atoms with Gasteiger partial charge >= 0.3 is 0 Å². The molecule has 8 nitrogen and oxygen atoms in total. The highest BCUT2D eigenvalue weighted by Crippen LogP contribution is 2.34. The number of hydrogen-bond acceptors (Lipinski definition) is 7. The maximum Gasteiger partial charge on any atom is 0.249 e. The molecule has 1 atom stereocenters. The number of nitrogens with two attached hydrogens (primary N) is 1. The normalized spacial score (nSPS) is 19.8. The van der Waals surface area contributed by atoms with Gasteiger partial charge in [-0.1, -0.05) is 36.5 Å². The number of thioether (sulfide) groups is 1. The SMILES string of the molecule is C=C(SC(=CC)S(=O)(=O)N1CCN(Cc2cncn2C(C)c2ccc(F)cc2)CC1)N1CCC(N)CC1. The van der Waals surface area contributed by atoms with Crippen LogP contribution in [-0.2, 0) is 16.6 Å². The third-order valence-electron chi connectivity index (χ3n) is 7.17. The Morgan fingerprint density at radius 1 is 1.19 bits per heavy atom. The zero-order valence-electron chi connectivity index (χ0n) is 21.6. The molecule has 1 unspecified atom stereocenters. The van der Waals surface area contributed by atoms with Gasteiger partial charge in [-0.15, -0.1) is 0 Å². The maximum atomic E-state index is 13.4. The zero-order chi connectivity index (χ0) is 26.6. The molecule has 0 spiro atoms. The molecule has 0 saturated carbocycles. The van der Waals surface area contributed by atoms with Crippen LogP contribution in [0.5, 0.6) is 0 Å². The first-order valence-electron chi connectivity index (χ1n) is 12.7. The number of imidazole rings is 1. The Bertz CT molecular complexity index is 1200. The molecule has 2 fully saturated rings. The molecule has 11 heteroatoms. The van der Waals surface area contributed by atoms with Crippen molar-refractivity contribution in [3.8, 4) is 0 Å². The molecule has 0 radical (unpaired) electrons. The molecule has 2 aliphatic rings. The minimum absolute atomic E-state index is 0.0118. The van der Waals surface area contributed by atoms with Crippen LogP contribution in [0.1, 0.15) is 44.0 Å². The average molecular weight is 549 g/mol. The highest BCUT2D eigenvalue weighted by Gasteiger charge is 2.32. The molecule has 0 amide bonds. The van der Waals surface area contributed by atoms with E-state index in [2.05, 4.69) is 32.9 Å². The number of likely N-dealkylation sites (tertiary alicyclic amines) is 1. The summed E-state index contributed by atoms with van der Waals surface area (Å²) in [6, 6.07) is 6.74. The molecule has 3 heterocycles. The molecule has 4 rings (SSSR count). The van der Waals surface area contributed by atoms with Gasteiger partial charge in [0, 0.05) is 58.1 Å². The van der Waals surface area contributed by atoms with E-state index in [0.29, 0.717) is 37.0 Å². The minimum Gasteiger partial charge on any atom is -0.366 e. The fourth-order valence-electron chi connectivity index (χ4n) is 4.78. The summed E-state index contributed by atoms with van der Waals surface area (Å²) in [4.78, 5) is 8.71. The quantitative estimate of drug-likeness (QED) is 0.513. The second-order valence-electron chi connectivity index (χ2n) is 9.63. The van der Waals surface area contributed by atoms with Crippen LogP contribution in [0.3, 0.4) is 0 Å². The van der Waals surface area contributed by atoms with E-state index in [9.17, 15) is 12.8 Å². The molecule has 202 valence electrons. The van der Waals surface area contributed by atoms with Crippen molar-refractivity contribution < 1.29 is 12.8 Å². The number of aromatic nitrogens is 2. The lowest BCUT2D eigenvalue weighted by Crippen LogP contribution is -2.48. The van der Waals surface area contributed by atoms with E-state index in [0.717, 1.165) is 42.2 Å². The van der Waals surface area contributed by atoms with Gasteiger partial charge in [0.15, 0.2) is 0 Å². The summed E-state index contributed by atoms with van der Waals surface area (Å²) >= 11 is 1.23. The van der Waals surface area contributed by atoms with Crippen molar-refractivity contribution in [1.29, 1.82) is 0 Å². The summed E-state index contributed by atoms with van der Waals surface area (Å²) in [6.45, 7) is 12.3. The van der Waals surface area contributed by atoms with E-state index >= 15 is 0 Å². The van der Waals surface area contributed by atoms with Gasteiger partial charge in [0.2, 0.25) is 10.0 Å². The van der Waals surface area contributed by atoms with Crippen LogP contribution in [0.2, 0.25) is 0 Å². The molecule has 0 aliphatic carbocycles. The molecule has 2 N–H and O–H groups in total. The number of rotatable bonds is 9. The van der Waals surface area contributed by atoms with Gasteiger partial charge in [-0.25, -0.2) is 17.8 Å². The summed E-state index contributed by atoms with van der Waals surface area (Å²) in [7, 11) is -3.59. The fraction of sp³-hybridized carbons (Fsp3) is 0.500. The standard InChI is InChI=1S/C26H37FN6O2S2/c1-4-26(36-21(3)31-11-9-24(28)10-12-31)37(34,35)32-15-13-30(14-16-32)18-25-17-29-19-33(25)20(2)22-5-7-23(27)8-6-22/h4-8,17,19-20,24H,3,9-16,18,28H2,1-2H3. The van der Waals surface area contributed by atoms with Crippen LogP contribution < -0.4 is 5.73 Å². The van der Waals surface area contributed by atoms with Gasteiger partial charge in [-0.05, 0) is 44.4 Å². The summed E-state index contributed by atoms with van der Waals surface area (Å²) < 4.78 is 44.2. The lowest BCUT2D eigenvalue weighted by Gasteiger charge is -2.35. The van der Waals surface area contributed by atoms with Crippen LogP contribution in [0.25, 0.3) is 0 Å². The molecule has 2 aliphatic heterocycles. The number of sulfonamides is 1. The van der Waals surface area contributed by atoms with Crippen LogP contribution in [0, 0.1) is 5.82 Å². The van der Waals surface area contributed by atoms with Gasteiger partial charge in [-0.2, -0.15) is 4.31 Å². The Morgan fingerprint density at radius 2 is 1.84 bits per heavy atom. The van der Waals surface area contributed by atoms with Crippen molar-refractivity contribution in [2.45, 2.75) is 45.3 Å². The van der Waals surface area contributed by atoms with E-state index < -0.39 is 10.0 Å². The fourth-order valence-corrected chi connectivity index (χ4v) is 7.66. The summed E-state index contributed by atoms with van der Waals surface area (Å²) in [5.74, 6) is -0.255. The molecule has 1 aromatic heterocycles. The lowest BCUT2D eigenvalue weighted by atomic mass is 10.1. The zero-order valence-corrected chi connectivity index (χ0v) is 23.2. The molecule has 37 heavy (non-hydrogen) atoms. The minimum atomic E-state index is -3.59. The first kappa shape index (κ1) is 27.8. The first-order valence-corrected chi connectivity index (χ1v) is 15.0. The van der Waals surface area contributed by atoms with Crippen molar-refractivity contribution in [2.75, 3.05) is 39.3 Å². The Balaban J connectivity index is 1.34. The van der Waals surface area contributed by atoms with Crippen LogP contribution >= 0.6 is 11.8 Å². The Kier molecular flexibility index (Phi) is 9.12. The van der Waals surface area contributed by atoms with Crippen molar-refractivity contribution >= 4 is 21.8 Å². The number of piperazine rings is 1. The van der Waals surface area contributed by atoms with E-state index in [1.807, 2.05) is 6.20 Å².